The molecule has 0 aliphatic rings. The minimum atomic E-state index is -4.13. The van der Waals surface area contributed by atoms with E-state index in [1.807, 2.05) is 4.72 Å². The maximum Gasteiger partial charge on any atom is 0.266 e. The van der Waals surface area contributed by atoms with Crippen molar-refractivity contribution in [2.45, 2.75) is 4.90 Å². The third kappa shape index (κ3) is 3.44. The first-order valence-corrected chi connectivity index (χ1v) is 7.75. The van der Waals surface area contributed by atoms with Crippen molar-refractivity contribution in [1.29, 1.82) is 0 Å². The fourth-order valence-electron chi connectivity index (χ4n) is 1.49. The molecule has 2 N–H and O–H groups in total. The highest BCUT2D eigenvalue weighted by atomic mass is 35.5. The number of H-pyrrole nitrogens is 1. The lowest BCUT2D eigenvalue weighted by atomic mass is 10.3. The second kappa shape index (κ2) is 5.88. The Morgan fingerprint density at radius 1 is 1.14 bits per heavy atom. The standard InChI is InChI=1S/C12H8Cl2N2O4S/c13-8-3-1-2-4-10(8)21(19,20)16-11(17)7-5-9(14)12(18)15-6-7/h1-6H,(H,15,18)(H,16,17). The van der Waals surface area contributed by atoms with E-state index < -0.39 is 21.5 Å². The van der Waals surface area contributed by atoms with Crippen LogP contribution in [0.2, 0.25) is 10.0 Å². The Balaban J connectivity index is 2.32. The minimum Gasteiger partial charge on any atom is -0.327 e. The van der Waals surface area contributed by atoms with Gasteiger partial charge in [0, 0.05) is 6.20 Å². The highest BCUT2D eigenvalue weighted by molar-refractivity contribution is 7.90. The van der Waals surface area contributed by atoms with Crippen LogP contribution < -0.4 is 10.3 Å². The number of aromatic amines is 1. The van der Waals surface area contributed by atoms with Crippen LogP contribution in [0.5, 0.6) is 0 Å². The van der Waals surface area contributed by atoms with E-state index in [4.69, 9.17) is 23.2 Å². The van der Waals surface area contributed by atoms with Gasteiger partial charge in [-0.05, 0) is 18.2 Å². The van der Waals surface area contributed by atoms with Crippen molar-refractivity contribution in [2.75, 3.05) is 0 Å². The molecule has 0 fully saturated rings. The van der Waals surface area contributed by atoms with E-state index in [0.29, 0.717) is 0 Å². The smallest absolute Gasteiger partial charge is 0.266 e. The second-order valence-corrected chi connectivity index (χ2v) is 6.40. The summed E-state index contributed by atoms with van der Waals surface area (Å²) >= 11 is 11.4. The lowest BCUT2D eigenvalue weighted by Gasteiger charge is -2.08. The molecule has 0 spiro atoms. The molecule has 0 radical (unpaired) electrons. The Morgan fingerprint density at radius 2 is 1.81 bits per heavy atom. The molecule has 0 bridgehead atoms. The number of hydrogen-bond acceptors (Lipinski definition) is 4. The van der Waals surface area contributed by atoms with E-state index in [-0.39, 0.29) is 20.5 Å². The summed E-state index contributed by atoms with van der Waals surface area (Å²) < 4.78 is 26.0. The van der Waals surface area contributed by atoms with Crippen LogP contribution in [-0.4, -0.2) is 19.3 Å². The SMILES string of the molecule is O=C(NS(=O)(=O)c1ccccc1Cl)c1c[nH]c(=O)c(Cl)c1. The zero-order chi connectivity index (χ0) is 15.6. The maximum absolute atomic E-state index is 12.1. The average Bonchev–Trinajstić information content (AvgIpc) is 2.41. The van der Waals surface area contributed by atoms with Crippen LogP contribution in [-0.2, 0) is 10.0 Å². The summed E-state index contributed by atoms with van der Waals surface area (Å²) in [5.74, 6) is -0.937. The Kier molecular flexibility index (Phi) is 4.36. The molecule has 2 rings (SSSR count). The summed E-state index contributed by atoms with van der Waals surface area (Å²) in [6.07, 6.45) is 1.06. The van der Waals surface area contributed by atoms with Gasteiger partial charge in [0.1, 0.15) is 9.92 Å². The maximum atomic E-state index is 12.1. The molecular formula is C12H8Cl2N2O4S. The molecule has 0 aliphatic heterocycles. The molecule has 0 aliphatic carbocycles. The van der Waals surface area contributed by atoms with E-state index in [2.05, 4.69) is 4.98 Å². The number of aromatic nitrogens is 1. The number of sulfonamides is 1. The Morgan fingerprint density at radius 3 is 2.43 bits per heavy atom. The molecule has 1 amide bonds. The van der Waals surface area contributed by atoms with Gasteiger partial charge in [-0.1, -0.05) is 35.3 Å². The number of hydrogen-bond donors (Lipinski definition) is 2. The second-order valence-electron chi connectivity index (χ2n) is 3.93. The Bertz CT molecular complexity index is 862. The summed E-state index contributed by atoms with van der Waals surface area (Å²) in [5.41, 5.74) is -0.683. The van der Waals surface area contributed by atoms with Crippen molar-refractivity contribution >= 4 is 39.1 Å². The Hall–Kier alpha value is -1.83. The van der Waals surface area contributed by atoms with Crippen molar-refractivity contribution in [2.24, 2.45) is 0 Å². The van der Waals surface area contributed by atoms with Gasteiger partial charge in [0.25, 0.3) is 21.5 Å². The third-order valence-corrected chi connectivity index (χ3v) is 4.58. The first-order chi connectivity index (χ1) is 9.81. The molecule has 2 aromatic rings. The summed E-state index contributed by atoms with van der Waals surface area (Å²) in [7, 11) is -4.13. The highest BCUT2D eigenvalue weighted by Crippen LogP contribution is 2.20. The largest absolute Gasteiger partial charge is 0.327 e. The zero-order valence-electron chi connectivity index (χ0n) is 10.3. The minimum absolute atomic E-state index is 0.0164. The summed E-state index contributed by atoms with van der Waals surface area (Å²) in [6, 6.07) is 6.75. The van der Waals surface area contributed by atoms with Gasteiger partial charge in [0.2, 0.25) is 0 Å². The van der Waals surface area contributed by atoms with Gasteiger partial charge in [-0.25, -0.2) is 13.1 Å². The lowest BCUT2D eigenvalue weighted by molar-refractivity contribution is 0.0981. The van der Waals surface area contributed by atoms with Gasteiger partial charge in [0.05, 0.1) is 10.6 Å². The predicted octanol–water partition coefficient (Wildman–Crippen LogP) is 1.80. The third-order valence-electron chi connectivity index (χ3n) is 2.47. The van der Waals surface area contributed by atoms with E-state index in [1.165, 1.54) is 18.2 Å². The van der Waals surface area contributed by atoms with Crippen LogP contribution in [0.1, 0.15) is 10.4 Å². The van der Waals surface area contributed by atoms with Crippen LogP contribution >= 0.6 is 23.2 Å². The molecule has 0 saturated heterocycles. The van der Waals surface area contributed by atoms with Crippen LogP contribution in [0, 0.1) is 0 Å². The van der Waals surface area contributed by atoms with Crippen molar-refractivity contribution in [3.63, 3.8) is 0 Å². The summed E-state index contributed by atoms with van der Waals surface area (Å²) in [6.45, 7) is 0. The number of rotatable bonds is 3. The highest BCUT2D eigenvalue weighted by Gasteiger charge is 2.21. The van der Waals surface area contributed by atoms with Crippen molar-refractivity contribution in [3.8, 4) is 0 Å². The molecular weight excluding hydrogens is 339 g/mol. The Labute approximate surface area is 129 Å². The average molecular weight is 347 g/mol. The van der Waals surface area contributed by atoms with Gasteiger partial charge < -0.3 is 4.98 Å². The van der Waals surface area contributed by atoms with E-state index in [9.17, 15) is 18.0 Å². The number of benzene rings is 1. The van der Waals surface area contributed by atoms with Gasteiger partial charge in [-0.2, -0.15) is 0 Å². The van der Waals surface area contributed by atoms with Crippen molar-refractivity contribution in [3.05, 3.63) is 62.5 Å². The zero-order valence-corrected chi connectivity index (χ0v) is 12.6. The van der Waals surface area contributed by atoms with E-state index in [0.717, 1.165) is 12.3 Å². The molecule has 1 aromatic carbocycles. The van der Waals surface area contributed by atoms with Crippen LogP contribution in [0.3, 0.4) is 0 Å². The number of halogens is 2. The topological polar surface area (TPSA) is 96.1 Å². The fourth-order valence-corrected chi connectivity index (χ4v) is 3.15. The van der Waals surface area contributed by atoms with E-state index >= 15 is 0 Å². The molecule has 9 heteroatoms. The molecule has 0 atom stereocenters. The first kappa shape index (κ1) is 15.6. The number of carbonyl (C=O) groups is 1. The first-order valence-electron chi connectivity index (χ1n) is 5.51. The predicted molar refractivity (Wildman–Crippen MR) is 78.2 cm³/mol. The van der Waals surface area contributed by atoms with Gasteiger partial charge in [0.15, 0.2) is 0 Å². The molecule has 1 heterocycles. The monoisotopic (exact) mass is 346 g/mol. The quantitative estimate of drug-likeness (QED) is 0.885. The normalized spacial score (nSPS) is 11.1. The molecule has 1 aromatic heterocycles. The molecule has 110 valence electrons. The summed E-state index contributed by atoms with van der Waals surface area (Å²) in [5, 5.41) is -0.241. The van der Waals surface area contributed by atoms with E-state index in [1.54, 1.807) is 6.07 Å². The number of amides is 1. The molecule has 0 saturated carbocycles. The number of pyridine rings is 1. The molecule has 0 unspecified atom stereocenters. The van der Waals surface area contributed by atoms with Crippen molar-refractivity contribution in [1.82, 2.24) is 9.71 Å². The summed E-state index contributed by atoms with van der Waals surface area (Å²) in [4.78, 5) is 25.0. The van der Waals surface area contributed by atoms with Crippen LogP contribution in [0.25, 0.3) is 0 Å². The van der Waals surface area contributed by atoms with Gasteiger partial charge in [-0.15, -0.1) is 0 Å². The van der Waals surface area contributed by atoms with Gasteiger partial charge in [-0.3, -0.25) is 9.59 Å². The van der Waals surface area contributed by atoms with Crippen LogP contribution in [0.4, 0.5) is 0 Å². The molecule has 21 heavy (non-hydrogen) atoms. The van der Waals surface area contributed by atoms with Crippen LogP contribution in [0.15, 0.2) is 46.2 Å². The molecule has 6 nitrogen and oxygen atoms in total. The number of carbonyl (C=O) groups excluding carboxylic acids is 1. The van der Waals surface area contributed by atoms with Crippen molar-refractivity contribution < 1.29 is 13.2 Å². The fraction of sp³-hybridized carbons (Fsp3) is 0. The number of nitrogens with one attached hydrogen (secondary N) is 2. The lowest BCUT2D eigenvalue weighted by Crippen LogP contribution is -2.31. The van der Waals surface area contributed by atoms with Gasteiger partial charge >= 0.3 is 0 Å².